The smallest absolute Gasteiger partial charge is 0.352 e. The Labute approximate surface area is 246 Å². The number of rotatable bonds is 11. The number of carbonyl (C=O) groups excluding carboxylic acids is 2. The zero-order valence-corrected chi connectivity index (χ0v) is 23.2. The lowest BCUT2D eigenvalue weighted by atomic mass is 10.0. The molecule has 3 aromatic rings. The fourth-order valence-corrected chi connectivity index (χ4v) is 6.59. The molecule has 2 aromatic heterocycles. The molecule has 42 heavy (non-hydrogen) atoms. The van der Waals surface area contributed by atoms with Crippen LogP contribution in [0.5, 0.6) is 5.75 Å². The molecule has 1 saturated heterocycles. The van der Waals surface area contributed by atoms with Crippen molar-refractivity contribution >= 4 is 69.7 Å². The van der Waals surface area contributed by atoms with Gasteiger partial charge >= 0.3 is 11.9 Å². The molecule has 218 valence electrons. The number of anilines is 1. The summed E-state index contributed by atoms with van der Waals surface area (Å²) in [5, 5.41) is 35.5. The minimum Gasteiger partial charge on any atom is -0.480 e. The molecule has 4 heterocycles. The van der Waals surface area contributed by atoms with Crippen molar-refractivity contribution in [1.29, 1.82) is 0 Å². The second kappa shape index (κ2) is 12.1. The lowest BCUT2D eigenvalue weighted by Crippen LogP contribution is -2.71. The van der Waals surface area contributed by atoms with Crippen LogP contribution in [-0.4, -0.2) is 97.1 Å². The predicted octanol–water partition coefficient (Wildman–Crippen LogP) is -0.355. The number of aliphatic carboxylic acids is 2. The summed E-state index contributed by atoms with van der Waals surface area (Å²) in [7, 11) is 0. The van der Waals surface area contributed by atoms with Crippen LogP contribution in [0.3, 0.4) is 0 Å². The molecular formula is C21H17FN10O7S3. The Balaban J connectivity index is 1.31. The highest BCUT2D eigenvalue weighted by Crippen LogP contribution is 2.41. The summed E-state index contributed by atoms with van der Waals surface area (Å²) >= 11 is 3.04. The number of aromatic nitrogens is 6. The standard InChI is InChI=1S/C21H17FN10O7S3/c22-9-1-3-10(4-2-9)39-27-12(15-25-20(23)42-28-15)16(35)24-13-17(36)32-14(19(37)38)8(6-40-18(13)32)7-41-21-26-29-30-31(21)5-11(33)34/h1-4,13,18H,5-7H2,(H,24,35)(H,33,34)(H,37,38)(H2,23,25,28)/b27-12-/t13?,18-/m1/s1. The summed E-state index contributed by atoms with van der Waals surface area (Å²) in [6, 6.07) is 3.71. The van der Waals surface area contributed by atoms with Gasteiger partial charge in [-0.2, -0.15) is 9.36 Å². The topological polar surface area (TPSA) is 241 Å². The van der Waals surface area contributed by atoms with E-state index in [4.69, 9.17) is 15.7 Å². The molecule has 1 unspecified atom stereocenters. The summed E-state index contributed by atoms with van der Waals surface area (Å²) in [6.07, 6.45) is 0. The number of thioether (sulfide) groups is 2. The lowest BCUT2D eigenvalue weighted by molar-refractivity contribution is -0.150. The van der Waals surface area contributed by atoms with Crippen LogP contribution in [0.1, 0.15) is 5.82 Å². The van der Waals surface area contributed by atoms with Crippen molar-refractivity contribution in [3.05, 3.63) is 47.2 Å². The van der Waals surface area contributed by atoms with Gasteiger partial charge in [-0.3, -0.25) is 19.3 Å². The molecule has 2 aliphatic heterocycles. The predicted molar refractivity (Wildman–Crippen MR) is 144 cm³/mol. The van der Waals surface area contributed by atoms with E-state index in [0.29, 0.717) is 5.57 Å². The first-order valence-electron chi connectivity index (χ1n) is 11.5. The van der Waals surface area contributed by atoms with Gasteiger partial charge in [0.05, 0.1) is 0 Å². The maximum Gasteiger partial charge on any atom is 0.352 e. The van der Waals surface area contributed by atoms with Crippen molar-refractivity contribution in [3.63, 3.8) is 0 Å². The van der Waals surface area contributed by atoms with Crippen molar-refractivity contribution in [2.24, 2.45) is 5.16 Å². The molecule has 2 aliphatic rings. The van der Waals surface area contributed by atoms with Crippen LogP contribution >= 0.6 is 35.1 Å². The second-order valence-corrected chi connectivity index (χ2v) is 11.2. The highest BCUT2D eigenvalue weighted by atomic mass is 32.2. The van der Waals surface area contributed by atoms with Gasteiger partial charge in [0.2, 0.25) is 16.7 Å². The lowest BCUT2D eigenvalue weighted by Gasteiger charge is -2.49. The van der Waals surface area contributed by atoms with Crippen LogP contribution in [0, 0.1) is 5.82 Å². The van der Waals surface area contributed by atoms with E-state index >= 15 is 0 Å². The number of β-lactam (4-membered cyclic amide) rings is 1. The number of carboxylic acid groups (broad SMARTS) is 2. The molecule has 5 N–H and O–H groups in total. The SMILES string of the molecule is Nc1nc(/C(=N/Oc2ccc(F)cc2)C(=O)NC2C(=O)N3C(C(=O)O)=C(CSc4nnnn4CC(=O)O)CS[C@H]23)ns1. The average molecular weight is 637 g/mol. The zero-order chi connectivity index (χ0) is 30.0. The van der Waals surface area contributed by atoms with Crippen LogP contribution in [-0.2, 0) is 25.7 Å². The normalized spacial score (nSPS) is 18.4. The van der Waals surface area contributed by atoms with E-state index in [-0.39, 0.29) is 39.1 Å². The summed E-state index contributed by atoms with van der Waals surface area (Å²) in [5.41, 5.74) is 5.36. The molecule has 2 amide bonds. The molecule has 0 spiro atoms. The van der Waals surface area contributed by atoms with Gasteiger partial charge in [0.25, 0.3) is 11.8 Å². The van der Waals surface area contributed by atoms with Crippen molar-refractivity contribution in [2.75, 3.05) is 17.2 Å². The van der Waals surface area contributed by atoms with Crippen LogP contribution in [0.2, 0.25) is 0 Å². The number of fused-ring (bicyclic) bond motifs is 1. The Morgan fingerprint density at radius 3 is 2.69 bits per heavy atom. The van der Waals surface area contributed by atoms with Gasteiger partial charge in [-0.05, 0) is 40.3 Å². The minimum absolute atomic E-state index is 0.0413. The van der Waals surface area contributed by atoms with E-state index < -0.39 is 53.2 Å². The fraction of sp³-hybridized carbons (Fsp3) is 0.238. The number of halogens is 1. The number of amides is 2. The first kappa shape index (κ1) is 28.9. The summed E-state index contributed by atoms with van der Waals surface area (Å²) in [4.78, 5) is 59.7. The van der Waals surface area contributed by atoms with E-state index in [1.807, 2.05) is 0 Å². The van der Waals surface area contributed by atoms with E-state index in [1.54, 1.807) is 0 Å². The second-order valence-electron chi connectivity index (χ2n) is 8.36. The number of nitrogens with two attached hydrogens (primary N) is 1. The Hall–Kier alpha value is -4.63. The summed E-state index contributed by atoms with van der Waals surface area (Å²) in [6.45, 7) is -0.480. The first-order valence-corrected chi connectivity index (χ1v) is 14.3. The summed E-state index contributed by atoms with van der Waals surface area (Å²) < 4.78 is 18.2. The van der Waals surface area contributed by atoms with Crippen LogP contribution in [0.25, 0.3) is 0 Å². The largest absolute Gasteiger partial charge is 0.480 e. The number of nitrogens with zero attached hydrogens (tertiary/aromatic N) is 8. The quantitative estimate of drug-likeness (QED) is 0.0909. The number of oxime groups is 1. The molecule has 0 aliphatic carbocycles. The van der Waals surface area contributed by atoms with Gasteiger partial charge in [-0.25, -0.2) is 13.9 Å². The van der Waals surface area contributed by atoms with Crippen molar-refractivity contribution in [3.8, 4) is 5.75 Å². The average Bonchev–Trinajstić information content (AvgIpc) is 3.58. The van der Waals surface area contributed by atoms with Crippen molar-refractivity contribution in [2.45, 2.75) is 23.1 Å². The van der Waals surface area contributed by atoms with Crippen LogP contribution in [0.15, 0.2) is 45.8 Å². The number of hydrogen-bond acceptors (Lipinski definition) is 15. The van der Waals surface area contributed by atoms with E-state index in [0.717, 1.165) is 45.0 Å². The van der Waals surface area contributed by atoms with Crippen molar-refractivity contribution < 1.29 is 38.6 Å². The third-order valence-electron chi connectivity index (χ3n) is 5.62. The molecule has 5 rings (SSSR count). The molecular weight excluding hydrogens is 619 g/mol. The highest BCUT2D eigenvalue weighted by molar-refractivity contribution is 8.01. The molecule has 0 bridgehead atoms. The molecule has 21 heteroatoms. The van der Waals surface area contributed by atoms with Gasteiger partial charge in [-0.1, -0.05) is 16.9 Å². The Morgan fingerprint density at radius 2 is 2.02 bits per heavy atom. The molecule has 2 atom stereocenters. The number of nitrogens with one attached hydrogen (secondary N) is 1. The highest BCUT2D eigenvalue weighted by Gasteiger charge is 2.54. The fourth-order valence-electron chi connectivity index (χ4n) is 3.79. The summed E-state index contributed by atoms with van der Waals surface area (Å²) in [5.74, 6) is -4.39. The van der Waals surface area contributed by atoms with Gasteiger partial charge in [0.1, 0.15) is 29.5 Å². The number of benzene rings is 1. The Kier molecular flexibility index (Phi) is 8.31. The number of carbonyl (C=O) groups is 4. The number of carboxylic acids is 2. The molecule has 1 fully saturated rings. The maximum absolute atomic E-state index is 13.2. The van der Waals surface area contributed by atoms with E-state index in [9.17, 15) is 28.7 Å². The van der Waals surface area contributed by atoms with Crippen LogP contribution in [0.4, 0.5) is 9.52 Å². The Bertz CT molecular complexity index is 1630. The van der Waals surface area contributed by atoms with Crippen LogP contribution < -0.4 is 15.9 Å². The van der Waals surface area contributed by atoms with Gasteiger partial charge < -0.3 is 26.1 Å². The number of nitrogen functional groups attached to an aromatic ring is 1. The molecule has 0 radical (unpaired) electrons. The molecule has 1 aromatic carbocycles. The number of hydrogen-bond donors (Lipinski definition) is 4. The third-order valence-corrected chi connectivity index (χ3v) is 8.55. The van der Waals surface area contributed by atoms with Gasteiger partial charge in [0, 0.05) is 23.0 Å². The van der Waals surface area contributed by atoms with Gasteiger partial charge in [-0.15, -0.1) is 16.9 Å². The monoisotopic (exact) mass is 636 g/mol. The van der Waals surface area contributed by atoms with E-state index in [2.05, 4.69) is 35.4 Å². The maximum atomic E-state index is 13.2. The van der Waals surface area contributed by atoms with E-state index in [1.165, 1.54) is 23.9 Å². The molecule has 17 nitrogen and oxygen atoms in total. The van der Waals surface area contributed by atoms with Gasteiger partial charge in [0.15, 0.2) is 10.9 Å². The minimum atomic E-state index is -1.35. The number of tetrazole rings is 1. The first-order chi connectivity index (χ1) is 20.1. The van der Waals surface area contributed by atoms with Crippen molar-refractivity contribution in [1.82, 2.24) is 39.8 Å². The third kappa shape index (κ3) is 6.01. The molecule has 0 saturated carbocycles. The Morgan fingerprint density at radius 1 is 1.26 bits per heavy atom. The zero-order valence-electron chi connectivity index (χ0n) is 20.8.